The van der Waals surface area contributed by atoms with Crippen LogP contribution in [0.3, 0.4) is 0 Å². The molecule has 0 spiro atoms. The van der Waals surface area contributed by atoms with Crippen LogP contribution in [0.5, 0.6) is 11.6 Å². The molecule has 2 N–H and O–H groups in total. The highest BCUT2D eigenvalue weighted by molar-refractivity contribution is 5.90. The molecule has 2 aliphatic heterocycles. The highest BCUT2D eigenvalue weighted by Gasteiger charge is 2.52. The third-order valence-corrected chi connectivity index (χ3v) is 8.79. The zero-order valence-corrected chi connectivity index (χ0v) is 26.1. The lowest BCUT2D eigenvalue weighted by Gasteiger charge is -2.34. The van der Waals surface area contributed by atoms with Crippen LogP contribution in [0.1, 0.15) is 65.5 Å². The molecule has 2 bridgehead atoms. The summed E-state index contributed by atoms with van der Waals surface area (Å²) >= 11 is 0. The topological polar surface area (TPSA) is 140 Å². The summed E-state index contributed by atoms with van der Waals surface area (Å²) in [4.78, 5) is 49.4. The van der Waals surface area contributed by atoms with Crippen LogP contribution in [0.2, 0.25) is 0 Å². The van der Waals surface area contributed by atoms with Gasteiger partial charge < -0.3 is 29.5 Å². The van der Waals surface area contributed by atoms with Crippen LogP contribution in [0.25, 0.3) is 11.0 Å². The Bertz CT molecular complexity index is 1490. The molecule has 1 aromatic heterocycles. The van der Waals surface area contributed by atoms with Crippen LogP contribution in [-0.4, -0.2) is 75.9 Å². The van der Waals surface area contributed by atoms with E-state index in [0.29, 0.717) is 25.0 Å². The highest BCUT2D eigenvalue weighted by Crippen LogP contribution is 2.41. The van der Waals surface area contributed by atoms with Gasteiger partial charge in [-0.3, -0.25) is 4.79 Å². The van der Waals surface area contributed by atoms with Gasteiger partial charge in [0.05, 0.1) is 24.7 Å². The number of carboxylic acid groups (broad SMARTS) is 1. The number of fused-ring (bicyclic) bond motifs is 5. The van der Waals surface area contributed by atoms with Gasteiger partial charge in [-0.2, -0.15) is 8.78 Å². The molecule has 6 atom stereocenters. The van der Waals surface area contributed by atoms with Gasteiger partial charge in [0.25, 0.3) is 5.92 Å². The average Bonchev–Trinajstić information content (AvgIpc) is 3.59. The Hall–Kier alpha value is -4.03. The van der Waals surface area contributed by atoms with Gasteiger partial charge in [0.2, 0.25) is 11.8 Å². The van der Waals surface area contributed by atoms with Crippen molar-refractivity contribution < 1.29 is 42.5 Å². The number of nitrogens with one attached hydrogen (secondary N) is 1. The summed E-state index contributed by atoms with van der Waals surface area (Å²) in [5.74, 6) is -6.08. The summed E-state index contributed by atoms with van der Waals surface area (Å²) in [6, 6.07) is 2.20. The average molecular weight is 631 g/mol. The number of alkyl carbamates (subject to hydrolysis) is 1. The monoisotopic (exact) mass is 630 g/mol. The van der Waals surface area contributed by atoms with Crippen molar-refractivity contribution in [2.45, 2.75) is 90.0 Å². The number of amides is 2. The minimum atomic E-state index is -3.48. The minimum absolute atomic E-state index is 0.0798. The molecule has 13 heteroatoms. The molecule has 2 aromatic rings. The molecule has 45 heavy (non-hydrogen) atoms. The van der Waals surface area contributed by atoms with Crippen LogP contribution >= 0.6 is 0 Å². The number of alkyl halides is 2. The van der Waals surface area contributed by atoms with E-state index in [2.05, 4.69) is 15.3 Å². The van der Waals surface area contributed by atoms with Crippen LogP contribution in [-0.2, 0) is 20.2 Å². The van der Waals surface area contributed by atoms with Gasteiger partial charge in [-0.05, 0) is 49.1 Å². The lowest BCUT2D eigenvalue weighted by molar-refractivity contribution is -0.151. The van der Waals surface area contributed by atoms with Crippen LogP contribution < -0.4 is 14.8 Å². The summed E-state index contributed by atoms with van der Waals surface area (Å²) in [5.41, 5.74) is -1.03. The molecular weight excluding hydrogens is 590 g/mol. The van der Waals surface area contributed by atoms with Crippen molar-refractivity contribution in [3.8, 4) is 11.6 Å². The lowest BCUT2D eigenvalue weighted by Crippen LogP contribution is -2.57. The van der Waals surface area contributed by atoms with E-state index >= 15 is 8.78 Å². The van der Waals surface area contributed by atoms with E-state index < -0.39 is 71.4 Å². The molecule has 5 rings (SSSR count). The molecular formula is C32H40F2N4O7. The number of nitrogens with zero attached hydrogens (tertiary/aromatic N) is 3. The van der Waals surface area contributed by atoms with E-state index in [-0.39, 0.29) is 36.0 Å². The number of hydrogen-bond acceptors (Lipinski definition) is 8. The summed E-state index contributed by atoms with van der Waals surface area (Å²) < 4.78 is 48.8. The van der Waals surface area contributed by atoms with Crippen molar-refractivity contribution in [1.82, 2.24) is 20.2 Å². The molecule has 244 valence electrons. The minimum Gasteiger partial charge on any atom is -0.497 e. The van der Waals surface area contributed by atoms with E-state index in [1.54, 1.807) is 45.9 Å². The van der Waals surface area contributed by atoms with E-state index in [0.717, 1.165) is 4.90 Å². The fourth-order valence-corrected chi connectivity index (χ4v) is 6.17. The van der Waals surface area contributed by atoms with Gasteiger partial charge in [-0.1, -0.05) is 39.8 Å². The first-order chi connectivity index (χ1) is 21.2. The van der Waals surface area contributed by atoms with E-state index in [1.165, 1.54) is 19.3 Å². The highest BCUT2D eigenvalue weighted by atomic mass is 19.3. The summed E-state index contributed by atoms with van der Waals surface area (Å²) in [6.07, 6.45) is 2.34. The second kappa shape index (κ2) is 12.4. The number of methoxy groups -OCH3 is 1. The Balaban J connectivity index is 1.60. The number of aromatic nitrogens is 2. The molecule has 2 amide bonds. The zero-order chi connectivity index (χ0) is 32.7. The van der Waals surface area contributed by atoms with Crippen molar-refractivity contribution in [3.05, 3.63) is 36.0 Å². The predicted molar refractivity (Wildman–Crippen MR) is 159 cm³/mol. The molecule has 1 saturated carbocycles. The summed E-state index contributed by atoms with van der Waals surface area (Å²) in [7, 11) is 1.46. The number of carboxylic acids is 1. The number of hydrogen-bond donors (Lipinski definition) is 2. The Morgan fingerprint density at radius 2 is 1.91 bits per heavy atom. The molecule has 0 unspecified atom stereocenters. The molecule has 3 aliphatic rings. The number of halogens is 2. The number of allylic oxidation sites excluding steroid dienone is 2. The maximum atomic E-state index is 15.9. The first kappa shape index (κ1) is 32.4. The number of aliphatic carboxylic acids is 1. The van der Waals surface area contributed by atoms with Crippen molar-refractivity contribution in [3.63, 3.8) is 0 Å². The van der Waals surface area contributed by atoms with Gasteiger partial charge in [-0.15, -0.1) is 0 Å². The molecule has 3 heterocycles. The van der Waals surface area contributed by atoms with Crippen molar-refractivity contribution >= 4 is 29.0 Å². The first-order valence-electron chi connectivity index (χ1n) is 15.3. The van der Waals surface area contributed by atoms with Gasteiger partial charge in [0.15, 0.2) is 5.69 Å². The summed E-state index contributed by atoms with van der Waals surface area (Å²) in [6.45, 7) is 6.76. The lowest BCUT2D eigenvalue weighted by atomic mass is 9.85. The molecule has 1 aliphatic carbocycles. The quantitative estimate of drug-likeness (QED) is 0.445. The standard InChI is InChI=1S/C32H40F2N4O7/c1-6-19-23-16-38(24(19)29(40)41)28(39)26(31(2,3)4)37-30(42)45-22-14-17(22)10-8-7-9-13-32(33,34)25-27(44-23)36-21-15-18(43-5)11-12-20(21)35-25/h7,9,11-12,15,17,19,22-24,26H,6,8,10,13-14,16H2,1-5H3,(H,37,42)(H,40,41)/b9-7+/t17-,19-,22-,23+,24+,26-/m1/s1. The van der Waals surface area contributed by atoms with Crippen molar-refractivity contribution in [1.29, 1.82) is 0 Å². The van der Waals surface area contributed by atoms with Crippen LogP contribution in [0.4, 0.5) is 13.6 Å². The molecule has 1 saturated heterocycles. The Morgan fingerprint density at radius 1 is 1.16 bits per heavy atom. The van der Waals surface area contributed by atoms with Crippen LogP contribution in [0, 0.1) is 17.3 Å². The van der Waals surface area contributed by atoms with Gasteiger partial charge >= 0.3 is 12.1 Å². The van der Waals surface area contributed by atoms with E-state index in [1.807, 2.05) is 0 Å². The second-order valence-corrected chi connectivity index (χ2v) is 13.1. The van der Waals surface area contributed by atoms with E-state index in [9.17, 15) is 19.5 Å². The van der Waals surface area contributed by atoms with Gasteiger partial charge in [0.1, 0.15) is 30.0 Å². The summed E-state index contributed by atoms with van der Waals surface area (Å²) in [5, 5.41) is 13.0. The normalized spacial score (nSPS) is 29.5. The fourth-order valence-electron chi connectivity index (χ4n) is 6.17. The molecule has 1 aromatic carbocycles. The maximum Gasteiger partial charge on any atom is 0.408 e. The molecule has 0 radical (unpaired) electrons. The Morgan fingerprint density at radius 3 is 2.58 bits per heavy atom. The zero-order valence-electron chi connectivity index (χ0n) is 26.1. The van der Waals surface area contributed by atoms with Gasteiger partial charge in [-0.25, -0.2) is 19.6 Å². The Kier molecular flexibility index (Phi) is 8.92. The molecule has 11 nitrogen and oxygen atoms in total. The van der Waals surface area contributed by atoms with Gasteiger partial charge in [0, 0.05) is 18.4 Å². The largest absolute Gasteiger partial charge is 0.497 e. The first-order valence-corrected chi connectivity index (χ1v) is 15.3. The number of benzene rings is 1. The van der Waals surface area contributed by atoms with Crippen LogP contribution in [0.15, 0.2) is 30.4 Å². The third-order valence-electron chi connectivity index (χ3n) is 8.79. The fraction of sp³-hybridized carbons (Fsp3) is 0.594. The van der Waals surface area contributed by atoms with Crippen molar-refractivity contribution in [2.75, 3.05) is 13.7 Å². The second-order valence-electron chi connectivity index (χ2n) is 13.1. The number of carbonyl (C=O) groups is 3. The number of carbonyl (C=O) groups excluding carboxylic acids is 2. The number of rotatable bonds is 3. The maximum absolute atomic E-state index is 15.9. The van der Waals surface area contributed by atoms with Crippen molar-refractivity contribution in [2.24, 2.45) is 17.3 Å². The SMILES string of the molecule is CC[C@@H]1[C@@H]2CN(C(=O)[C@H](C(C)(C)C)NC(=O)O[C@@H]3C[C@H]3CC/C=C/CC(F)(F)c3nc4ccc(OC)cc4nc3O2)[C@@H]1C(=O)O. The number of ether oxygens (including phenoxy) is 3. The third kappa shape index (κ3) is 6.81. The molecule has 2 fully saturated rings. The Labute approximate surface area is 260 Å². The predicted octanol–water partition coefficient (Wildman–Crippen LogP) is 5.07. The van der Waals surface area contributed by atoms with E-state index in [4.69, 9.17) is 14.2 Å². The smallest absolute Gasteiger partial charge is 0.408 e.